The van der Waals surface area contributed by atoms with E-state index in [4.69, 9.17) is 5.73 Å². The molecule has 3 nitrogen and oxygen atoms in total. The van der Waals surface area contributed by atoms with E-state index in [-0.39, 0.29) is 30.2 Å². The molecule has 0 saturated heterocycles. The molecule has 2 N–H and O–H groups in total. The lowest BCUT2D eigenvalue weighted by molar-refractivity contribution is -0.132. The van der Waals surface area contributed by atoms with Gasteiger partial charge < -0.3 is 10.6 Å². The Morgan fingerprint density at radius 2 is 2.20 bits per heavy atom. The summed E-state index contributed by atoms with van der Waals surface area (Å²) in [6.07, 6.45) is 3.28. The minimum atomic E-state index is -0.253. The third-order valence-electron chi connectivity index (χ3n) is 3.36. The first-order chi connectivity index (χ1) is 9.06. The van der Waals surface area contributed by atoms with Gasteiger partial charge in [0.2, 0.25) is 5.91 Å². The molecule has 1 aliphatic rings. The second-order valence-electron chi connectivity index (χ2n) is 5.40. The van der Waals surface area contributed by atoms with E-state index in [1.54, 1.807) is 6.07 Å². The average Bonchev–Trinajstić information content (AvgIpc) is 3.17. The van der Waals surface area contributed by atoms with Crippen molar-refractivity contribution in [3.8, 4) is 0 Å². The Labute approximate surface area is 125 Å². The van der Waals surface area contributed by atoms with E-state index >= 15 is 0 Å². The third kappa shape index (κ3) is 5.10. The van der Waals surface area contributed by atoms with Crippen LogP contribution in [-0.2, 0) is 11.3 Å². The van der Waals surface area contributed by atoms with E-state index in [2.05, 4.69) is 0 Å². The molecular weight excluding hydrogens is 279 g/mol. The van der Waals surface area contributed by atoms with E-state index in [1.165, 1.54) is 12.1 Å². The van der Waals surface area contributed by atoms with Crippen LogP contribution in [0.25, 0.3) is 0 Å². The van der Waals surface area contributed by atoms with Crippen molar-refractivity contribution in [1.82, 2.24) is 4.90 Å². The highest BCUT2D eigenvalue weighted by Crippen LogP contribution is 2.29. The Morgan fingerprint density at radius 3 is 2.75 bits per heavy atom. The van der Waals surface area contributed by atoms with E-state index in [1.807, 2.05) is 17.9 Å². The maximum atomic E-state index is 13.2. The van der Waals surface area contributed by atoms with Crippen LogP contribution in [0.15, 0.2) is 24.3 Å². The van der Waals surface area contributed by atoms with Crippen molar-refractivity contribution < 1.29 is 9.18 Å². The van der Waals surface area contributed by atoms with Crippen molar-refractivity contribution in [1.29, 1.82) is 0 Å². The zero-order valence-corrected chi connectivity index (χ0v) is 12.5. The van der Waals surface area contributed by atoms with Crippen molar-refractivity contribution in [2.75, 3.05) is 0 Å². The van der Waals surface area contributed by atoms with Crippen LogP contribution in [0, 0.1) is 5.82 Å². The smallest absolute Gasteiger partial charge is 0.223 e. The predicted octanol–water partition coefficient (Wildman–Crippen LogP) is 2.87. The van der Waals surface area contributed by atoms with Gasteiger partial charge in [0.05, 0.1) is 0 Å². The molecule has 0 aromatic heterocycles. The Bertz CT molecular complexity index is 449. The van der Waals surface area contributed by atoms with Gasteiger partial charge in [-0.2, -0.15) is 0 Å². The fraction of sp³-hybridized carbons (Fsp3) is 0.533. The first-order valence-corrected chi connectivity index (χ1v) is 6.86. The van der Waals surface area contributed by atoms with Crippen LogP contribution >= 0.6 is 12.4 Å². The molecule has 5 heteroatoms. The summed E-state index contributed by atoms with van der Waals surface area (Å²) in [7, 11) is 0. The SMILES string of the molecule is CC(N)CCC(=O)N(Cc1cccc(F)c1)C1CC1.Cl. The Balaban J connectivity index is 0.00000200. The molecule has 1 fully saturated rings. The number of rotatable bonds is 6. The van der Waals surface area contributed by atoms with Gasteiger partial charge in [-0.15, -0.1) is 12.4 Å². The minimum absolute atomic E-state index is 0. The quantitative estimate of drug-likeness (QED) is 0.878. The summed E-state index contributed by atoms with van der Waals surface area (Å²) in [5.41, 5.74) is 6.53. The molecule has 1 unspecified atom stereocenters. The highest BCUT2D eigenvalue weighted by Gasteiger charge is 2.32. The second-order valence-corrected chi connectivity index (χ2v) is 5.40. The summed E-state index contributed by atoms with van der Waals surface area (Å²) in [5.74, 6) is -0.125. The molecular formula is C15H22ClFN2O. The molecule has 0 heterocycles. The molecule has 2 rings (SSSR count). The number of carbonyl (C=O) groups excluding carboxylic acids is 1. The van der Waals surface area contributed by atoms with Crippen molar-refractivity contribution in [3.63, 3.8) is 0 Å². The van der Waals surface area contributed by atoms with Crippen LogP contribution < -0.4 is 5.73 Å². The minimum Gasteiger partial charge on any atom is -0.335 e. The summed E-state index contributed by atoms with van der Waals surface area (Å²) in [6.45, 7) is 2.40. The second kappa shape index (κ2) is 7.60. The lowest BCUT2D eigenvalue weighted by atomic mass is 10.1. The summed E-state index contributed by atoms with van der Waals surface area (Å²) >= 11 is 0. The van der Waals surface area contributed by atoms with E-state index in [9.17, 15) is 9.18 Å². The maximum Gasteiger partial charge on any atom is 0.223 e. The molecule has 112 valence electrons. The zero-order valence-electron chi connectivity index (χ0n) is 11.7. The zero-order chi connectivity index (χ0) is 13.8. The van der Waals surface area contributed by atoms with Crippen molar-refractivity contribution >= 4 is 18.3 Å². The molecule has 1 aliphatic carbocycles. The van der Waals surface area contributed by atoms with Gasteiger partial charge in [0.25, 0.3) is 0 Å². The van der Waals surface area contributed by atoms with Gasteiger partial charge in [-0.05, 0) is 43.9 Å². The number of halogens is 2. The highest BCUT2D eigenvalue weighted by atomic mass is 35.5. The summed E-state index contributed by atoms with van der Waals surface area (Å²) in [6, 6.07) is 6.83. The van der Waals surface area contributed by atoms with E-state index in [0.717, 1.165) is 18.4 Å². The number of nitrogens with zero attached hydrogens (tertiary/aromatic N) is 1. The van der Waals surface area contributed by atoms with E-state index in [0.29, 0.717) is 25.4 Å². The Kier molecular flexibility index (Phi) is 6.43. The van der Waals surface area contributed by atoms with Gasteiger partial charge in [-0.3, -0.25) is 4.79 Å². The van der Waals surface area contributed by atoms with Crippen molar-refractivity contribution in [2.24, 2.45) is 5.73 Å². The molecule has 1 saturated carbocycles. The molecule has 1 aromatic carbocycles. The largest absolute Gasteiger partial charge is 0.335 e. The van der Waals surface area contributed by atoms with Crippen LogP contribution in [0.5, 0.6) is 0 Å². The van der Waals surface area contributed by atoms with Crippen LogP contribution in [0.1, 0.15) is 38.2 Å². The number of carbonyl (C=O) groups is 1. The molecule has 1 amide bonds. The van der Waals surface area contributed by atoms with Gasteiger partial charge in [0, 0.05) is 25.0 Å². The molecule has 0 radical (unpaired) electrons. The van der Waals surface area contributed by atoms with Crippen LogP contribution in [0.4, 0.5) is 4.39 Å². The van der Waals surface area contributed by atoms with Gasteiger partial charge in [0.1, 0.15) is 5.82 Å². The number of benzene rings is 1. The lowest BCUT2D eigenvalue weighted by Gasteiger charge is -2.23. The Morgan fingerprint density at radius 1 is 1.50 bits per heavy atom. The fourth-order valence-electron chi connectivity index (χ4n) is 2.13. The third-order valence-corrected chi connectivity index (χ3v) is 3.36. The number of hydrogen-bond donors (Lipinski definition) is 1. The van der Waals surface area contributed by atoms with Gasteiger partial charge in [-0.25, -0.2) is 4.39 Å². The fourth-order valence-corrected chi connectivity index (χ4v) is 2.13. The maximum absolute atomic E-state index is 13.2. The summed E-state index contributed by atoms with van der Waals surface area (Å²) in [4.78, 5) is 14.1. The monoisotopic (exact) mass is 300 g/mol. The summed E-state index contributed by atoms with van der Waals surface area (Å²) < 4.78 is 13.2. The topological polar surface area (TPSA) is 46.3 Å². The molecule has 1 aromatic rings. The van der Waals surface area contributed by atoms with Crippen LogP contribution in [0.3, 0.4) is 0 Å². The highest BCUT2D eigenvalue weighted by molar-refractivity contribution is 5.85. The molecule has 1 atom stereocenters. The standard InChI is InChI=1S/C15H21FN2O.ClH/c1-11(17)5-8-15(19)18(14-6-7-14)10-12-3-2-4-13(16)9-12;/h2-4,9,11,14H,5-8,10,17H2,1H3;1H. The number of amides is 1. The van der Waals surface area contributed by atoms with Gasteiger partial charge in [0.15, 0.2) is 0 Å². The van der Waals surface area contributed by atoms with Crippen molar-refractivity contribution in [2.45, 2.75) is 51.2 Å². The van der Waals surface area contributed by atoms with Crippen LogP contribution in [-0.4, -0.2) is 22.9 Å². The van der Waals surface area contributed by atoms with Crippen LogP contribution in [0.2, 0.25) is 0 Å². The lowest BCUT2D eigenvalue weighted by Crippen LogP contribution is -2.33. The number of hydrogen-bond acceptors (Lipinski definition) is 2. The number of nitrogens with two attached hydrogens (primary N) is 1. The Hall–Kier alpha value is -1.13. The predicted molar refractivity (Wildman–Crippen MR) is 80.1 cm³/mol. The van der Waals surface area contributed by atoms with Crippen molar-refractivity contribution in [3.05, 3.63) is 35.6 Å². The molecule has 0 bridgehead atoms. The summed E-state index contributed by atoms with van der Waals surface area (Å²) in [5, 5.41) is 0. The molecule has 0 aliphatic heterocycles. The van der Waals surface area contributed by atoms with Gasteiger partial charge in [-0.1, -0.05) is 12.1 Å². The van der Waals surface area contributed by atoms with Gasteiger partial charge >= 0.3 is 0 Å². The first-order valence-electron chi connectivity index (χ1n) is 6.86. The molecule has 0 spiro atoms. The normalized spacial score (nSPS) is 15.3. The first kappa shape index (κ1) is 16.9. The molecule has 20 heavy (non-hydrogen) atoms. The van der Waals surface area contributed by atoms with E-state index < -0.39 is 0 Å². The average molecular weight is 301 g/mol.